The second kappa shape index (κ2) is 7.80. The Labute approximate surface area is 186 Å². The van der Waals surface area contributed by atoms with Gasteiger partial charge in [0.05, 0.1) is 18.3 Å². The number of alkyl halides is 2. The Morgan fingerprint density at radius 1 is 1.33 bits per heavy atom. The van der Waals surface area contributed by atoms with E-state index in [-0.39, 0.29) is 42.1 Å². The van der Waals surface area contributed by atoms with Crippen LogP contribution >= 0.6 is 0 Å². The molecule has 2 atom stereocenters. The highest BCUT2D eigenvalue weighted by Gasteiger charge is 2.46. The number of nitrogens with zero attached hydrogens (tertiary/aromatic N) is 4. The number of rotatable bonds is 7. The lowest BCUT2D eigenvalue weighted by molar-refractivity contribution is -0.104. The molecule has 2 fully saturated rings. The van der Waals surface area contributed by atoms with Gasteiger partial charge in [-0.15, -0.1) is 0 Å². The quantitative estimate of drug-likeness (QED) is 0.496. The molecule has 2 aliphatic rings. The summed E-state index contributed by atoms with van der Waals surface area (Å²) in [6.45, 7) is 0. The lowest BCUT2D eigenvalue weighted by atomic mass is 9.88. The Morgan fingerprint density at radius 2 is 2.12 bits per heavy atom. The number of nitrogens with one attached hydrogen (secondary N) is 3. The smallest absolute Gasteiger partial charge is 0.274 e. The highest BCUT2D eigenvalue weighted by Crippen LogP contribution is 2.44. The third kappa shape index (κ3) is 3.90. The maximum atomic E-state index is 13.3. The number of anilines is 3. The summed E-state index contributed by atoms with van der Waals surface area (Å²) in [4.78, 5) is 30.1. The number of amides is 1. The van der Waals surface area contributed by atoms with Crippen LogP contribution in [-0.2, 0) is 4.74 Å². The average Bonchev–Trinajstić information content (AvgIpc) is 3.38. The van der Waals surface area contributed by atoms with Gasteiger partial charge in [0.1, 0.15) is 22.9 Å². The highest BCUT2D eigenvalue weighted by atomic mass is 19.3. The summed E-state index contributed by atoms with van der Waals surface area (Å²) < 4.78 is 34.6. The molecule has 0 aromatic carbocycles. The van der Waals surface area contributed by atoms with Crippen molar-refractivity contribution in [3.8, 4) is 0 Å². The van der Waals surface area contributed by atoms with E-state index in [4.69, 9.17) is 4.74 Å². The number of methoxy groups -OCH3 is 1. The van der Waals surface area contributed by atoms with Gasteiger partial charge in [0.25, 0.3) is 17.4 Å². The summed E-state index contributed by atoms with van der Waals surface area (Å²) in [6.07, 6.45) is 2.97. The minimum Gasteiger partial charge on any atom is -0.379 e. The molecule has 12 heteroatoms. The monoisotopic (exact) mass is 459 g/mol. The molecule has 10 nitrogen and oxygen atoms in total. The van der Waals surface area contributed by atoms with E-state index in [9.17, 15) is 18.4 Å². The summed E-state index contributed by atoms with van der Waals surface area (Å²) in [6, 6.07) is 4.22. The van der Waals surface area contributed by atoms with Crippen LogP contribution in [0.4, 0.5) is 26.1 Å². The Morgan fingerprint density at radius 3 is 2.79 bits per heavy atom. The molecule has 1 unspecified atom stereocenters. The van der Waals surface area contributed by atoms with Crippen LogP contribution in [0.15, 0.2) is 35.4 Å². The van der Waals surface area contributed by atoms with Crippen molar-refractivity contribution in [2.75, 3.05) is 24.8 Å². The maximum absolute atomic E-state index is 13.3. The van der Waals surface area contributed by atoms with Gasteiger partial charge in [0.2, 0.25) is 0 Å². The average molecular weight is 459 g/mol. The predicted molar refractivity (Wildman–Crippen MR) is 116 cm³/mol. The van der Waals surface area contributed by atoms with Gasteiger partial charge in [-0.1, -0.05) is 0 Å². The van der Waals surface area contributed by atoms with Crippen molar-refractivity contribution in [1.82, 2.24) is 24.5 Å². The fourth-order valence-corrected chi connectivity index (χ4v) is 4.05. The number of carbonyl (C=O) groups excluding carboxylic acids is 1. The van der Waals surface area contributed by atoms with E-state index < -0.39 is 17.5 Å². The van der Waals surface area contributed by atoms with Crippen molar-refractivity contribution in [2.24, 2.45) is 0 Å². The summed E-state index contributed by atoms with van der Waals surface area (Å²) in [5, 5.41) is 13.1. The molecule has 3 heterocycles. The zero-order valence-electron chi connectivity index (χ0n) is 18.0. The lowest BCUT2D eigenvalue weighted by Crippen LogP contribution is -2.41. The van der Waals surface area contributed by atoms with E-state index in [1.54, 1.807) is 32.4 Å². The SMILES string of the molecule is CNc1cc(Nc2cccn(C3CC(F)(F)C3)c2=O)nc2c(C(=O)NC3C[C@@H]3OC)cnn12. The molecule has 0 spiro atoms. The summed E-state index contributed by atoms with van der Waals surface area (Å²) >= 11 is 0. The van der Waals surface area contributed by atoms with Crippen LogP contribution in [0.3, 0.4) is 0 Å². The third-order valence-corrected chi connectivity index (χ3v) is 6.02. The van der Waals surface area contributed by atoms with Crippen molar-refractivity contribution in [3.63, 3.8) is 0 Å². The van der Waals surface area contributed by atoms with Gasteiger partial charge >= 0.3 is 0 Å². The second-order valence-corrected chi connectivity index (χ2v) is 8.34. The fourth-order valence-electron chi connectivity index (χ4n) is 4.05. The van der Waals surface area contributed by atoms with E-state index in [0.717, 1.165) is 6.42 Å². The van der Waals surface area contributed by atoms with Gasteiger partial charge in [-0.2, -0.15) is 9.61 Å². The molecule has 0 bridgehead atoms. The lowest BCUT2D eigenvalue weighted by Gasteiger charge is -2.36. The number of pyridine rings is 1. The second-order valence-electron chi connectivity index (χ2n) is 8.34. The number of fused-ring (bicyclic) bond motifs is 1. The molecule has 174 valence electrons. The molecule has 3 N–H and O–H groups in total. The standard InChI is InChI=1S/C21H23F2N7O3/c1-24-17-7-16(26-13-4-3-5-29(20(13)32)11-8-21(22,23)9-11)28-18-12(10-25-30(17)18)19(31)27-14-6-15(14)33-2/h3-5,7,10-11,14-15,24H,6,8-9H2,1-2H3,(H,26,28)(H,27,31)/t14?,15-/m0/s1. The van der Waals surface area contributed by atoms with E-state index in [1.807, 2.05) is 0 Å². The van der Waals surface area contributed by atoms with Gasteiger partial charge in [0.15, 0.2) is 5.65 Å². The zero-order chi connectivity index (χ0) is 23.3. The molecule has 0 saturated heterocycles. The molecule has 0 aliphatic heterocycles. The van der Waals surface area contributed by atoms with Crippen LogP contribution < -0.4 is 21.5 Å². The van der Waals surface area contributed by atoms with Gasteiger partial charge < -0.3 is 25.3 Å². The van der Waals surface area contributed by atoms with Crippen molar-refractivity contribution in [3.05, 3.63) is 46.5 Å². The van der Waals surface area contributed by atoms with Crippen LogP contribution in [0.2, 0.25) is 0 Å². The van der Waals surface area contributed by atoms with E-state index in [1.165, 1.54) is 21.5 Å². The van der Waals surface area contributed by atoms with Gasteiger partial charge in [-0.25, -0.2) is 13.8 Å². The first-order valence-corrected chi connectivity index (χ1v) is 10.6. The zero-order valence-corrected chi connectivity index (χ0v) is 18.0. The van der Waals surface area contributed by atoms with Crippen LogP contribution in [0.5, 0.6) is 0 Å². The summed E-state index contributed by atoms with van der Waals surface area (Å²) in [7, 11) is 3.29. The first kappa shape index (κ1) is 21.3. The molecular weight excluding hydrogens is 436 g/mol. The topological polar surface area (TPSA) is 115 Å². The maximum Gasteiger partial charge on any atom is 0.274 e. The third-order valence-electron chi connectivity index (χ3n) is 6.02. The number of ether oxygens (including phenoxy) is 1. The van der Waals surface area contributed by atoms with Crippen molar-refractivity contribution in [2.45, 2.75) is 43.4 Å². The number of hydrogen-bond donors (Lipinski definition) is 3. The fraction of sp³-hybridized carbons (Fsp3) is 0.429. The molecule has 2 aliphatic carbocycles. The van der Waals surface area contributed by atoms with E-state index in [2.05, 4.69) is 26.0 Å². The van der Waals surface area contributed by atoms with Crippen LogP contribution in [0.25, 0.3) is 5.65 Å². The first-order valence-electron chi connectivity index (χ1n) is 10.6. The molecule has 3 aromatic heterocycles. The van der Waals surface area contributed by atoms with Gasteiger partial charge in [0, 0.05) is 45.3 Å². The van der Waals surface area contributed by atoms with Gasteiger partial charge in [-0.3, -0.25) is 9.59 Å². The molecule has 1 amide bonds. The number of hydrogen-bond acceptors (Lipinski definition) is 7. The van der Waals surface area contributed by atoms with Crippen molar-refractivity contribution >= 4 is 28.9 Å². The number of aromatic nitrogens is 4. The first-order chi connectivity index (χ1) is 15.8. The molecule has 5 rings (SSSR count). The predicted octanol–water partition coefficient (Wildman–Crippen LogP) is 2.16. The molecule has 3 aromatic rings. The Balaban J connectivity index is 1.44. The number of carbonyl (C=O) groups is 1. The highest BCUT2D eigenvalue weighted by molar-refractivity contribution is 6.00. The number of halogens is 2. The summed E-state index contributed by atoms with van der Waals surface area (Å²) in [5.41, 5.74) is 0.347. The molecule has 0 radical (unpaired) electrons. The minimum atomic E-state index is -2.73. The van der Waals surface area contributed by atoms with Crippen LogP contribution in [0, 0.1) is 0 Å². The normalized spacial score (nSPS) is 21.5. The largest absolute Gasteiger partial charge is 0.379 e. The molecule has 33 heavy (non-hydrogen) atoms. The van der Waals surface area contributed by atoms with E-state index >= 15 is 0 Å². The Kier molecular flexibility index (Phi) is 5.04. The minimum absolute atomic E-state index is 0.00436. The van der Waals surface area contributed by atoms with Gasteiger partial charge in [-0.05, 0) is 18.6 Å². The van der Waals surface area contributed by atoms with Crippen LogP contribution in [-0.4, -0.2) is 57.3 Å². The van der Waals surface area contributed by atoms with Crippen molar-refractivity contribution < 1.29 is 18.3 Å². The molecule has 2 saturated carbocycles. The Hall–Kier alpha value is -3.54. The van der Waals surface area contributed by atoms with Crippen molar-refractivity contribution in [1.29, 1.82) is 0 Å². The van der Waals surface area contributed by atoms with E-state index in [0.29, 0.717) is 17.3 Å². The molecular formula is C21H23F2N7O3. The Bertz CT molecular complexity index is 1280. The summed E-state index contributed by atoms with van der Waals surface area (Å²) in [5.74, 6) is -2.21. The van der Waals surface area contributed by atoms with Crippen LogP contribution in [0.1, 0.15) is 35.7 Å².